The molecule has 0 fully saturated rings. The Hall–Kier alpha value is -7.52. The summed E-state index contributed by atoms with van der Waals surface area (Å²) in [5.74, 6) is 0. The number of fused-ring (bicyclic) bond motifs is 10. The van der Waals surface area contributed by atoms with Crippen LogP contribution in [0.3, 0.4) is 0 Å². The summed E-state index contributed by atoms with van der Waals surface area (Å²) < 4.78 is 8.03. The van der Waals surface area contributed by atoms with Gasteiger partial charge in [-0.2, -0.15) is 0 Å². The average molecular weight is 1120 g/mol. The van der Waals surface area contributed by atoms with Crippen LogP contribution in [0.25, 0.3) is 84.9 Å². The Labute approximate surface area is 492 Å². The van der Waals surface area contributed by atoms with Gasteiger partial charge in [-0.05, 0) is 144 Å². The van der Waals surface area contributed by atoms with Crippen molar-refractivity contribution in [3.8, 4) is 44.5 Å². The van der Waals surface area contributed by atoms with Crippen molar-refractivity contribution in [3.05, 3.63) is 222 Å². The second kappa shape index (κ2) is 18.5. The first-order valence-corrected chi connectivity index (χ1v) is 31.7. The molecule has 9 aromatic carbocycles. The number of rotatable bonds is 6. The van der Waals surface area contributed by atoms with E-state index in [9.17, 15) is 0 Å². The van der Waals surface area contributed by atoms with Crippen LogP contribution < -0.4 is 24.8 Å². The number of benzene rings is 9. The van der Waals surface area contributed by atoms with E-state index in [-0.39, 0.29) is 23.0 Å². The van der Waals surface area contributed by atoms with E-state index >= 15 is 0 Å². The van der Waals surface area contributed by atoms with Gasteiger partial charge in [0.25, 0.3) is 6.71 Å². The van der Waals surface area contributed by atoms with Crippen LogP contribution in [0.5, 0.6) is 0 Å². The number of nitrogens with zero attached hydrogens (tertiary/aromatic N) is 2. The number of thiophene rings is 4. The molecule has 0 amide bonds. The minimum Gasteiger partial charge on any atom is -0.309 e. The van der Waals surface area contributed by atoms with Gasteiger partial charge in [0.2, 0.25) is 0 Å². The summed E-state index contributed by atoms with van der Waals surface area (Å²) in [5, 5.41) is 9.91. The van der Waals surface area contributed by atoms with Crippen molar-refractivity contribution in [2.45, 2.75) is 78.6 Å². The van der Waals surface area contributed by atoms with Gasteiger partial charge in [0.15, 0.2) is 0 Å². The van der Waals surface area contributed by atoms with Crippen LogP contribution in [0.2, 0.25) is 0 Å². The monoisotopic (exact) mass is 1120 g/mol. The quantitative estimate of drug-likeness (QED) is 0.153. The maximum Gasteiger partial charge on any atom is 0.277 e. The summed E-state index contributed by atoms with van der Waals surface area (Å²) in [7, 11) is 0. The van der Waals surface area contributed by atoms with E-state index in [2.05, 4.69) is 277 Å². The molecule has 0 saturated carbocycles. The Morgan fingerprint density at radius 1 is 0.321 bits per heavy atom. The number of hydrogen-bond donors (Lipinski definition) is 0. The van der Waals surface area contributed by atoms with Gasteiger partial charge >= 0.3 is 0 Å². The second-order valence-electron chi connectivity index (χ2n) is 25.3. The highest BCUT2D eigenvalue weighted by Gasteiger charge is 2.48. The smallest absolute Gasteiger partial charge is 0.277 e. The lowest BCUT2D eigenvalue weighted by Crippen LogP contribution is -2.59. The minimum atomic E-state index is -0.205. The molecule has 7 heteroatoms. The van der Waals surface area contributed by atoms with Gasteiger partial charge in [-0.3, -0.25) is 0 Å². The van der Waals surface area contributed by atoms with Gasteiger partial charge in [-0.1, -0.05) is 184 Å². The maximum absolute atomic E-state index is 2.72. The van der Waals surface area contributed by atoms with E-state index in [0.717, 1.165) is 0 Å². The van der Waals surface area contributed by atoms with Crippen LogP contribution in [0.4, 0.5) is 34.1 Å². The van der Waals surface area contributed by atoms with E-state index in [1.807, 2.05) is 45.3 Å². The van der Waals surface area contributed by atoms with Crippen LogP contribution in [0.1, 0.15) is 79.0 Å². The van der Waals surface area contributed by atoms with E-state index < -0.39 is 0 Å². The summed E-state index contributed by atoms with van der Waals surface area (Å²) in [6.45, 7) is 21.3. The summed E-state index contributed by atoms with van der Waals surface area (Å²) in [5.41, 5.74) is 22.3. The third-order valence-corrected chi connectivity index (χ3v) is 21.5. The normalized spacial score (nSPS) is 13.4. The molecule has 6 heterocycles. The summed E-state index contributed by atoms with van der Waals surface area (Å²) in [6.07, 6.45) is 0. The SMILES string of the molecule is CC(C)(C)c1cc2c3c(c1)N(c1ccc(-c4csc5ccccc45)cc1-c1ccccc1)c1c(sc4ccc(C(C)(C)C)cc14)B3c1sc3ccc(C(C)(C)C)cc3c1N2c1ccc(-c2csc3ccccc23)cc1-c1ccccc1. The lowest BCUT2D eigenvalue weighted by Gasteiger charge is -2.44. The first kappa shape index (κ1) is 50.4. The molecule has 0 saturated heterocycles. The van der Waals surface area contributed by atoms with E-state index in [1.165, 1.54) is 151 Å². The Balaban J connectivity index is 1.08. The number of hydrogen-bond acceptors (Lipinski definition) is 6. The van der Waals surface area contributed by atoms with Crippen LogP contribution in [-0.4, -0.2) is 6.71 Å². The summed E-state index contributed by atoms with van der Waals surface area (Å²) in [6, 6.07) is 74.5. The molecule has 15 rings (SSSR count). The average Bonchev–Trinajstić information content (AvgIpc) is 4.43. The molecule has 4 aromatic heterocycles. The van der Waals surface area contributed by atoms with Crippen molar-refractivity contribution in [1.82, 2.24) is 0 Å². The highest BCUT2D eigenvalue weighted by Crippen LogP contribution is 2.55. The molecule has 0 radical (unpaired) electrons. The highest BCUT2D eigenvalue weighted by molar-refractivity contribution is 7.40. The maximum atomic E-state index is 2.72. The van der Waals surface area contributed by atoms with Gasteiger partial charge in [-0.15, -0.1) is 45.3 Å². The lowest BCUT2D eigenvalue weighted by molar-refractivity contribution is 0.590. The Kier molecular flexibility index (Phi) is 11.5. The molecule has 394 valence electrons. The predicted molar refractivity (Wildman–Crippen MR) is 360 cm³/mol. The van der Waals surface area contributed by atoms with Crippen molar-refractivity contribution >= 4 is 142 Å². The fourth-order valence-corrected chi connectivity index (χ4v) is 17.3. The summed E-state index contributed by atoms with van der Waals surface area (Å²) >= 11 is 7.65. The minimum absolute atomic E-state index is 0.0271. The first-order chi connectivity index (χ1) is 39.1. The van der Waals surface area contributed by atoms with Crippen LogP contribution in [-0.2, 0) is 16.2 Å². The topological polar surface area (TPSA) is 6.48 Å². The molecular formula is C74H61BN2S4. The van der Waals surface area contributed by atoms with Crippen molar-refractivity contribution in [3.63, 3.8) is 0 Å². The predicted octanol–water partition coefficient (Wildman–Crippen LogP) is 21.2. The fraction of sp³-hybridized carbons (Fsp3) is 0.162. The molecule has 2 aliphatic rings. The van der Waals surface area contributed by atoms with Crippen molar-refractivity contribution < 1.29 is 0 Å². The van der Waals surface area contributed by atoms with Gasteiger partial charge in [0.05, 0.1) is 22.7 Å². The fourth-order valence-electron chi connectivity index (χ4n) is 12.7. The standard InChI is InChI=1S/C74H61BN2S4/c1-72(2,3)48-30-34-65-55(38-48)68-70(80-65)75-67-61(76(68)59-32-28-46(36-53(59)44-20-12-10-13-21-44)57-42-78-63-26-18-16-24-51(57)63)40-50(74(7,8)9)41-62(67)77(69-56-39-49(73(4,5)6)31-35-66(56)81-71(69)75)60-33-29-47(37-54(60)45-22-14-11-15-23-45)58-43-79-64-27-19-17-25-52(58)64/h10-43H,1-9H3. The Morgan fingerprint density at radius 2 is 0.728 bits per heavy atom. The number of anilines is 6. The van der Waals surface area contributed by atoms with Gasteiger partial charge in [-0.25, -0.2) is 0 Å². The van der Waals surface area contributed by atoms with Crippen LogP contribution in [0, 0.1) is 0 Å². The first-order valence-electron chi connectivity index (χ1n) is 28.3. The molecule has 0 N–H and O–H groups in total. The van der Waals surface area contributed by atoms with E-state index in [4.69, 9.17) is 0 Å². The van der Waals surface area contributed by atoms with Gasteiger partial charge in [0, 0.05) is 83.5 Å². The molecule has 2 aliphatic heterocycles. The Morgan fingerprint density at radius 3 is 1.15 bits per heavy atom. The lowest BCUT2D eigenvalue weighted by atomic mass is 9.39. The Bertz CT molecular complexity index is 4380. The van der Waals surface area contributed by atoms with Crippen LogP contribution >= 0.6 is 45.3 Å². The molecule has 0 atom stereocenters. The van der Waals surface area contributed by atoms with E-state index in [1.54, 1.807) is 0 Å². The molecule has 0 unspecified atom stereocenters. The van der Waals surface area contributed by atoms with Crippen molar-refractivity contribution in [1.29, 1.82) is 0 Å². The van der Waals surface area contributed by atoms with Gasteiger partial charge in [0.1, 0.15) is 0 Å². The highest BCUT2D eigenvalue weighted by atomic mass is 32.1. The molecule has 0 bridgehead atoms. The summed E-state index contributed by atoms with van der Waals surface area (Å²) in [4.78, 5) is 5.44. The van der Waals surface area contributed by atoms with Crippen LogP contribution in [0.15, 0.2) is 205 Å². The van der Waals surface area contributed by atoms with E-state index in [0.29, 0.717) is 0 Å². The van der Waals surface area contributed by atoms with Crippen molar-refractivity contribution in [2.75, 3.05) is 9.80 Å². The molecule has 2 nitrogen and oxygen atoms in total. The zero-order valence-corrected chi connectivity index (χ0v) is 50.5. The third kappa shape index (κ3) is 8.13. The molecule has 13 aromatic rings. The molecule has 0 aliphatic carbocycles. The molecule has 81 heavy (non-hydrogen) atoms. The second-order valence-corrected chi connectivity index (χ2v) is 29.3. The van der Waals surface area contributed by atoms with Gasteiger partial charge < -0.3 is 9.80 Å². The van der Waals surface area contributed by atoms with Crippen molar-refractivity contribution in [2.24, 2.45) is 0 Å². The largest absolute Gasteiger partial charge is 0.309 e. The zero-order valence-electron chi connectivity index (χ0n) is 47.2. The zero-order chi connectivity index (χ0) is 55.3. The molecular weight excluding hydrogens is 1060 g/mol. The molecule has 0 spiro atoms. The third-order valence-electron chi connectivity index (χ3n) is 17.1.